The number of halogens is 2. The van der Waals surface area contributed by atoms with Crippen LogP contribution in [0.3, 0.4) is 0 Å². The van der Waals surface area contributed by atoms with E-state index in [0.717, 1.165) is 18.0 Å². The maximum atomic E-state index is 12.9. The van der Waals surface area contributed by atoms with Gasteiger partial charge in [-0.2, -0.15) is 8.42 Å². The van der Waals surface area contributed by atoms with Crippen LogP contribution in [0.25, 0.3) is 6.08 Å². The third kappa shape index (κ3) is 5.04. The second-order valence-electron chi connectivity index (χ2n) is 5.82. The Balaban J connectivity index is 1.97. The average molecular weight is 490 g/mol. The SMILES string of the molecule is COc1cc(C=C2SC(=S)N(c3cccc(Cl)c3)C2=O)cc(Cl)c1OS(C)(=O)=O. The number of ether oxygens (including phenoxy) is 1. The molecule has 152 valence electrons. The van der Waals surface area contributed by atoms with Gasteiger partial charge in [0.05, 0.1) is 29.0 Å². The molecular weight excluding hydrogens is 477 g/mol. The molecule has 1 heterocycles. The van der Waals surface area contributed by atoms with Crippen LogP contribution in [-0.4, -0.2) is 32.0 Å². The Kier molecular flexibility index (Phi) is 6.45. The lowest BCUT2D eigenvalue weighted by molar-refractivity contribution is -0.113. The third-order valence-electron chi connectivity index (χ3n) is 3.64. The standard InChI is InChI=1S/C18H13Cl2NO5S3/c1-25-14-7-10(6-13(20)16(14)26-29(2,23)24)8-15-17(22)21(18(27)28-15)12-5-3-4-11(19)9-12/h3-9H,1-2H3. The van der Waals surface area contributed by atoms with Crippen molar-refractivity contribution in [3.63, 3.8) is 0 Å². The number of thiocarbonyl (C=S) groups is 1. The molecule has 0 aromatic heterocycles. The molecule has 1 aliphatic rings. The number of thioether (sulfide) groups is 1. The lowest BCUT2D eigenvalue weighted by atomic mass is 10.1. The number of hydrogen-bond donors (Lipinski definition) is 0. The van der Waals surface area contributed by atoms with E-state index in [1.165, 1.54) is 24.1 Å². The van der Waals surface area contributed by atoms with Crippen LogP contribution < -0.4 is 13.8 Å². The molecule has 1 aliphatic heterocycles. The number of hydrogen-bond acceptors (Lipinski definition) is 7. The van der Waals surface area contributed by atoms with Crippen molar-refractivity contribution in [2.45, 2.75) is 0 Å². The van der Waals surface area contributed by atoms with E-state index < -0.39 is 10.1 Å². The van der Waals surface area contributed by atoms with Crippen molar-refractivity contribution >= 4 is 79.3 Å². The second kappa shape index (κ2) is 8.53. The summed E-state index contributed by atoms with van der Waals surface area (Å²) >= 11 is 18.6. The predicted molar refractivity (Wildman–Crippen MR) is 121 cm³/mol. The van der Waals surface area contributed by atoms with Gasteiger partial charge in [0.25, 0.3) is 5.91 Å². The fourth-order valence-electron chi connectivity index (χ4n) is 2.51. The number of carbonyl (C=O) groups excluding carboxylic acids is 1. The van der Waals surface area contributed by atoms with Gasteiger partial charge in [-0.1, -0.05) is 53.2 Å². The highest BCUT2D eigenvalue weighted by atomic mass is 35.5. The predicted octanol–water partition coefficient (Wildman–Crippen LogP) is 4.75. The minimum atomic E-state index is -3.80. The van der Waals surface area contributed by atoms with E-state index in [1.807, 2.05) is 0 Å². The first-order valence-electron chi connectivity index (χ1n) is 7.89. The number of rotatable bonds is 5. The van der Waals surface area contributed by atoms with Gasteiger partial charge < -0.3 is 8.92 Å². The molecule has 29 heavy (non-hydrogen) atoms. The molecule has 6 nitrogen and oxygen atoms in total. The van der Waals surface area contributed by atoms with Gasteiger partial charge in [0.15, 0.2) is 10.1 Å². The van der Waals surface area contributed by atoms with Crippen LogP contribution in [0.2, 0.25) is 10.0 Å². The summed E-state index contributed by atoms with van der Waals surface area (Å²) in [5.74, 6) is -0.325. The van der Waals surface area contributed by atoms with Crippen LogP contribution in [-0.2, 0) is 14.9 Å². The van der Waals surface area contributed by atoms with Gasteiger partial charge in [-0.05, 0) is 42.0 Å². The Morgan fingerprint density at radius 3 is 2.55 bits per heavy atom. The fraction of sp³-hybridized carbons (Fsp3) is 0.111. The molecule has 0 atom stereocenters. The van der Waals surface area contributed by atoms with E-state index in [2.05, 4.69) is 0 Å². The normalized spacial score (nSPS) is 15.9. The minimum absolute atomic E-state index is 0.0198. The van der Waals surface area contributed by atoms with Crippen LogP contribution in [0.1, 0.15) is 5.56 Å². The summed E-state index contributed by atoms with van der Waals surface area (Å²) in [5, 5.41) is 0.504. The highest BCUT2D eigenvalue weighted by Crippen LogP contribution is 2.40. The first-order chi connectivity index (χ1) is 13.6. The monoisotopic (exact) mass is 489 g/mol. The summed E-state index contributed by atoms with van der Waals surface area (Å²) in [6.45, 7) is 0. The number of benzene rings is 2. The quantitative estimate of drug-likeness (QED) is 0.340. The molecule has 1 amide bonds. The van der Waals surface area contributed by atoms with Gasteiger partial charge in [-0.15, -0.1) is 0 Å². The van der Waals surface area contributed by atoms with Gasteiger partial charge in [0.1, 0.15) is 0 Å². The van der Waals surface area contributed by atoms with Gasteiger partial charge >= 0.3 is 10.1 Å². The highest BCUT2D eigenvalue weighted by molar-refractivity contribution is 8.27. The van der Waals surface area contributed by atoms with E-state index in [1.54, 1.807) is 30.3 Å². The van der Waals surface area contributed by atoms with Crippen molar-refractivity contribution in [3.05, 3.63) is 56.9 Å². The molecule has 1 fully saturated rings. The van der Waals surface area contributed by atoms with Crippen molar-refractivity contribution in [3.8, 4) is 11.5 Å². The van der Waals surface area contributed by atoms with Gasteiger partial charge in [0, 0.05) is 5.02 Å². The molecule has 0 radical (unpaired) electrons. The lowest BCUT2D eigenvalue weighted by Gasteiger charge is -2.14. The first kappa shape index (κ1) is 21.9. The summed E-state index contributed by atoms with van der Waals surface area (Å²) in [6.07, 6.45) is 2.49. The molecule has 2 aromatic carbocycles. The molecule has 11 heteroatoms. The van der Waals surface area contributed by atoms with Crippen molar-refractivity contribution in [2.24, 2.45) is 0 Å². The molecule has 1 saturated heterocycles. The van der Waals surface area contributed by atoms with Crippen molar-refractivity contribution in [2.75, 3.05) is 18.3 Å². The summed E-state index contributed by atoms with van der Waals surface area (Å²) in [5.41, 5.74) is 1.08. The van der Waals surface area contributed by atoms with E-state index >= 15 is 0 Å². The lowest BCUT2D eigenvalue weighted by Crippen LogP contribution is -2.27. The van der Waals surface area contributed by atoms with Crippen molar-refractivity contribution < 1.29 is 22.1 Å². The Morgan fingerprint density at radius 2 is 1.93 bits per heavy atom. The number of carbonyl (C=O) groups is 1. The maximum absolute atomic E-state index is 12.9. The maximum Gasteiger partial charge on any atom is 0.306 e. The molecule has 3 rings (SSSR count). The Labute approximate surface area is 187 Å². The largest absolute Gasteiger partial charge is 0.493 e. The molecule has 0 aliphatic carbocycles. The number of methoxy groups -OCH3 is 1. The molecule has 0 unspecified atom stereocenters. The average Bonchev–Trinajstić information content (AvgIpc) is 2.89. The zero-order chi connectivity index (χ0) is 21.3. The number of anilines is 1. The van der Waals surface area contributed by atoms with E-state index in [9.17, 15) is 13.2 Å². The molecule has 0 saturated carbocycles. The van der Waals surface area contributed by atoms with E-state index in [0.29, 0.717) is 25.5 Å². The fourth-order valence-corrected chi connectivity index (χ4v) is 4.77. The van der Waals surface area contributed by atoms with Gasteiger partial charge in [-0.3, -0.25) is 9.69 Å². The van der Waals surface area contributed by atoms with Crippen LogP contribution in [0.5, 0.6) is 11.5 Å². The van der Waals surface area contributed by atoms with Gasteiger partial charge in [0.2, 0.25) is 5.75 Å². The van der Waals surface area contributed by atoms with E-state index in [4.69, 9.17) is 44.3 Å². The van der Waals surface area contributed by atoms with Crippen LogP contribution in [0, 0.1) is 0 Å². The van der Waals surface area contributed by atoms with E-state index in [-0.39, 0.29) is 22.4 Å². The Morgan fingerprint density at radius 1 is 1.21 bits per heavy atom. The van der Waals surface area contributed by atoms with Gasteiger partial charge in [-0.25, -0.2) is 0 Å². The molecule has 0 spiro atoms. The van der Waals surface area contributed by atoms with Crippen LogP contribution in [0.15, 0.2) is 41.3 Å². The van der Waals surface area contributed by atoms with Crippen LogP contribution >= 0.6 is 47.2 Å². The topological polar surface area (TPSA) is 72.9 Å². The third-order valence-corrected chi connectivity index (χ3v) is 5.93. The number of nitrogens with zero attached hydrogens (tertiary/aromatic N) is 1. The molecule has 2 aromatic rings. The molecular formula is C18H13Cl2NO5S3. The zero-order valence-corrected chi connectivity index (χ0v) is 19.0. The Bertz CT molecular complexity index is 1150. The Hall–Kier alpha value is -1.78. The molecule has 0 bridgehead atoms. The summed E-state index contributed by atoms with van der Waals surface area (Å²) in [6, 6.07) is 9.79. The highest BCUT2D eigenvalue weighted by Gasteiger charge is 2.33. The zero-order valence-electron chi connectivity index (χ0n) is 15.0. The first-order valence-corrected chi connectivity index (χ1v) is 11.7. The second-order valence-corrected chi connectivity index (χ2v) is 9.91. The summed E-state index contributed by atoms with van der Waals surface area (Å²) in [4.78, 5) is 14.6. The number of amides is 1. The van der Waals surface area contributed by atoms with Crippen LogP contribution in [0.4, 0.5) is 5.69 Å². The van der Waals surface area contributed by atoms with Crippen molar-refractivity contribution in [1.29, 1.82) is 0 Å². The summed E-state index contributed by atoms with van der Waals surface area (Å²) in [7, 11) is -2.45. The smallest absolute Gasteiger partial charge is 0.306 e. The minimum Gasteiger partial charge on any atom is -0.493 e. The molecule has 0 N–H and O–H groups in total. The summed E-state index contributed by atoms with van der Waals surface area (Å²) < 4.78 is 33.3. The van der Waals surface area contributed by atoms with Crippen molar-refractivity contribution in [1.82, 2.24) is 0 Å².